The molecule has 0 saturated carbocycles. The van der Waals surface area contributed by atoms with Crippen molar-refractivity contribution < 1.29 is 4.79 Å². The molecule has 0 amide bonds. The average molecular weight is 270 g/mol. The second-order valence-corrected chi connectivity index (χ2v) is 6.03. The van der Waals surface area contributed by atoms with Gasteiger partial charge in [0, 0.05) is 23.0 Å². The van der Waals surface area contributed by atoms with Gasteiger partial charge >= 0.3 is 0 Å². The number of ketones is 1. The fourth-order valence-electron chi connectivity index (χ4n) is 1.87. The summed E-state index contributed by atoms with van der Waals surface area (Å²) in [6.45, 7) is 2.12. The van der Waals surface area contributed by atoms with E-state index < -0.39 is 0 Å². The van der Waals surface area contributed by atoms with Gasteiger partial charge in [0.25, 0.3) is 0 Å². The Balaban J connectivity index is 1.81. The van der Waals surface area contributed by atoms with Crippen LogP contribution in [0.2, 0.25) is 0 Å². The number of thioether (sulfide) groups is 1. The molecule has 19 heavy (non-hydrogen) atoms. The van der Waals surface area contributed by atoms with Gasteiger partial charge in [0.2, 0.25) is 0 Å². The average Bonchev–Trinajstić information content (AvgIpc) is 2.47. The van der Waals surface area contributed by atoms with Crippen molar-refractivity contribution in [3.05, 3.63) is 71.8 Å². The highest BCUT2D eigenvalue weighted by Gasteiger charge is 2.11. The van der Waals surface area contributed by atoms with Gasteiger partial charge in [-0.2, -0.15) is 11.8 Å². The van der Waals surface area contributed by atoms with Crippen LogP contribution in [0.3, 0.4) is 0 Å². The zero-order valence-electron chi connectivity index (χ0n) is 11.1. The molecular weight excluding hydrogens is 252 g/mol. The molecular formula is C17H18OS. The molecule has 0 aliphatic heterocycles. The van der Waals surface area contributed by atoms with Crippen LogP contribution in [0.15, 0.2) is 60.7 Å². The largest absolute Gasteiger partial charge is 0.294 e. The lowest BCUT2D eigenvalue weighted by molar-refractivity contribution is 0.0983. The fraction of sp³-hybridized carbons (Fsp3) is 0.235. The first-order valence-corrected chi connectivity index (χ1v) is 7.54. The second kappa shape index (κ2) is 7.15. The predicted octanol–water partition coefficient (Wildman–Crippen LogP) is 4.58. The first-order valence-electron chi connectivity index (χ1n) is 6.49. The van der Waals surface area contributed by atoms with Crippen LogP contribution in [0, 0.1) is 0 Å². The fourth-order valence-corrected chi connectivity index (χ4v) is 2.81. The molecule has 0 heterocycles. The molecule has 0 spiro atoms. The van der Waals surface area contributed by atoms with Crippen LogP contribution in [0.4, 0.5) is 0 Å². The molecule has 0 fully saturated rings. The summed E-state index contributed by atoms with van der Waals surface area (Å²) in [6.07, 6.45) is 0.599. The van der Waals surface area contributed by atoms with E-state index in [0.717, 1.165) is 11.3 Å². The van der Waals surface area contributed by atoms with Gasteiger partial charge in [-0.15, -0.1) is 0 Å². The molecule has 2 aromatic carbocycles. The highest BCUT2D eigenvalue weighted by atomic mass is 32.2. The van der Waals surface area contributed by atoms with Crippen molar-refractivity contribution in [3.8, 4) is 0 Å². The van der Waals surface area contributed by atoms with E-state index in [4.69, 9.17) is 0 Å². The smallest absolute Gasteiger partial charge is 0.163 e. The van der Waals surface area contributed by atoms with Crippen LogP contribution >= 0.6 is 11.8 Å². The maximum absolute atomic E-state index is 12.1. The lowest BCUT2D eigenvalue weighted by Gasteiger charge is -2.10. The Kier molecular flexibility index (Phi) is 5.22. The van der Waals surface area contributed by atoms with E-state index >= 15 is 0 Å². The van der Waals surface area contributed by atoms with Crippen LogP contribution < -0.4 is 0 Å². The van der Waals surface area contributed by atoms with E-state index in [0.29, 0.717) is 11.7 Å². The van der Waals surface area contributed by atoms with Gasteiger partial charge in [0.1, 0.15) is 0 Å². The van der Waals surface area contributed by atoms with Crippen LogP contribution in [0.5, 0.6) is 0 Å². The highest BCUT2D eigenvalue weighted by molar-refractivity contribution is 7.99. The third-order valence-electron chi connectivity index (χ3n) is 2.95. The van der Waals surface area contributed by atoms with Gasteiger partial charge in [-0.1, -0.05) is 67.6 Å². The van der Waals surface area contributed by atoms with E-state index in [1.165, 1.54) is 5.56 Å². The number of rotatable bonds is 6. The minimum atomic E-state index is 0.230. The molecule has 0 aliphatic rings. The summed E-state index contributed by atoms with van der Waals surface area (Å²) in [7, 11) is 0. The summed E-state index contributed by atoms with van der Waals surface area (Å²) >= 11 is 1.83. The van der Waals surface area contributed by atoms with Crippen LogP contribution in [-0.4, -0.2) is 11.0 Å². The van der Waals surface area contributed by atoms with Crippen molar-refractivity contribution >= 4 is 17.5 Å². The molecule has 0 saturated heterocycles. The maximum Gasteiger partial charge on any atom is 0.163 e. The first-order chi connectivity index (χ1) is 9.25. The highest BCUT2D eigenvalue weighted by Crippen LogP contribution is 2.21. The SMILES string of the molecule is CC(CC(=O)c1ccccc1)SCc1ccccc1. The second-order valence-electron chi connectivity index (χ2n) is 4.60. The predicted molar refractivity (Wildman–Crippen MR) is 82.6 cm³/mol. The number of carbonyl (C=O) groups excluding carboxylic acids is 1. The molecule has 2 heteroatoms. The van der Waals surface area contributed by atoms with Crippen molar-refractivity contribution in [2.45, 2.75) is 24.3 Å². The summed E-state index contributed by atoms with van der Waals surface area (Å²) in [5.74, 6) is 1.19. The molecule has 2 rings (SSSR count). The molecule has 1 atom stereocenters. The molecule has 0 aliphatic carbocycles. The quantitative estimate of drug-likeness (QED) is 0.715. The minimum Gasteiger partial charge on any atom is -0.294 e. The van der Waals surface area contributed by atoms with Crippen molar-refractivity contribution in [1.29, 1.82) is 0 Å². The van der Waals surface area contributed by atoms with E-state index in [1.807, 2.05) is 48.2 Å². The number of benzene rings is 2. The summed E-state index contributed by atoms with van der Waals surface area (Å²) in [5.41, 5.74) is 2.13. The van der Waals surface area contributed by atoms with Gasteiger partial charge in [-0.3, -0.25) is 4.79 Å². The molecule has 1 nitrogen and oxygen atoms in total. The summed E-state index contributed by atoms with van der Waals surface area (Å²) in [6, 6.07) is 19.9. The van der Waals surface area contributed by atoms with Crippen molar-refractivity contribution in [2.75, 3.05) is 0 Å². The topological polar surface area (TPSA) is 17.1 Å². The molecule has 98 valence electrons. The first kappa shape index (κ1) is 13.9. The Morgan fingerprint density at radius 3 is 2.21 bits per heavy atom. The molecule has 0 bridgehead atoms. The van der Waals surface area contributed by atoms with Gasteiger partial charge in [-0.25, -0.2) is 0 Å². The summed E-state index contributed by atoms with van der Waals surface area (Å²) in [4.78, 5) is 12.1. The standard InChI is InChI=1S/C17H18OS/c1-14(19-13-15-8-4-2-5-9-15)12-17(18)16-10-6-3-7-11-16/h2-11,14H,12-13H2,1H3. The van der Waals surface area contributed by atoms with Crippen LogP contribution in [0.1, 0.15) is 29.3 Å². The van der Waals surface area contributed by atoms with Gasteiger partial charge < -0.3 is 0 Å². The number of carbonyl (C=O) groups is 1. The number of hydrogen-bond donors (Lipinski definition) is 0. The van der Waals surface area contributed by atoms with E-state index in [2.05, 4.69) is 31.2 Å². The van der Waals surface area contributed by atoms with E-state index in [9.17, 15) is 4.79 Å². The zero-order chi connectivity index (χ0) is 13.5. The number of hydrogen-bond acceptors (Lipinski definition) is 2. The van der Waals surface area contributed by atoms with Crippen LogP contribution in [-0.2, 0) is 5.75 Å². The maximum atomic E-state index is 12.1. The lowest BCUT2D eigenvalue weighted by atomic mass is 10.1. The normalized spacial score (nSPS) is 12.1. The lowest BCUT2D eigenvalue weighted by Crippen LogP contribution is -2.07. The van der Waals surface area contributed by atoms with Crippen molar-refractivity contribution in [3.63, 3.8) is 0 Å². The molecule has 0 N–H and O–H groups in total. The Morgan fingerprint density at radius 1 is 1.00 bits per heavy atom. The van der Waals surface area contributed by atoms with Crippen LogP contribution in [0.25, 0.3) is 0 Å². The number of Topliss-reactive ketones (excluding diaryl/α,β-unsaturated/α-hetero) is 1. The van der Waals surface area contributed by atoms with Gasteiger partial charge in [0.15, 0.2) is 5.78 Å². The summed E-state index contributed by atoms with van der Waals surface area (Å²) < 4.78 is 0. The van der Waals surface area contributed by atoms with E-state index in [1.54, 1.807) is 0 Å². The molecule has 0 aromatic heterocycles. The zero-order valence-corrected chi connectivity index (χ0v) is 11.9. The minimum absolute atomic E-state index is 0.230. The Hall–Kier alpha value is -1.54. The van der Waals surface area contributed by atoms with Gasteiger partial charge in [0.05, 0.1) is 0 Å². The third kappa shape index (κ3) is 4.56. The Morgan fingerprint density at radius 2 is 1.58 bits per heavy atom. The molecule has 0 radical (unpaired) electrons. The van der Waals surface area contributed by atoms with Gasteiger partial charge in [-0.05, 0) is 5.56 Å². The molecule has 1 unspecified atom stereocenters. The monoisotopic (exact) mass is 270 g/mol. The van der Waals surface area contributed by atoms with E-state index in [-0.39, 0.29) is 5.78 Å². The van der Waals surface area contributed by atoms with Crippen molar-refractivity contribution in [1.82, 2.24) is 0 Å². The molecule has 2 aromatic rings. The Bertz CT molecular complexity index is 507. The Labute approximate surface area is 119 Å². The van der Waals surface area contributed by atoms with Crippen molar-refractivity contribution in [2.24, 2.45) is 0 Å². The third-order valence-corrected chi connectivity index (χ3v) is 4.18. The summed E-state index contributed by atoms with van der Waals surface area (Å²) in [5, 5.41) is 0.341.